The van der Waals surface area contributed by atoms with Crippen molar-refractivity contribution >= 4 is 35.0 Å². The maximum Gasteiger partial charge on any atom is 0.311 e. The number of halogens is 2. The summed E-state index contributed by atoms with van der Waals surface area (Å²) in [7, 11) is 3.70. The van der Waals surface area contributed by atoms with Gasteiger partial charge in [0.2, 0.25) is 5.79 Å². The fourth-order valence-corrected chi connectivity index (χ4v) is 4.96. The number of hydrogen-bond donors (Lipinski definition) is 1. The zero-order chi connectivity index (χ0) is 15.5. The predicted octanol–water partition coefficient (Wildman–Crippen LogP) is 0.313. The van der Waals surface area contributed by atoms with Crippen molar-refractivity contribution in [3.63, 3.8) is 0 Å². The number of aliphatic hydroxyl groups excluding tert-OH is 1. The lowest BCUT2D eigenvalue weighted by atomic mass is 9.77. The summed E-state index contributed by atoms with van der Waals surface area (Å²) in [6.07, 6.45) is -1.60. The van der Waals surface area contributed by atoms with E-state index >= 15 is 0 Å². The van der Waals surface area contributed by atoms with Crippen LogP contribution in [-0.4, -0.2) is 59.8 Å². The molecule has 0 unspecified atom stereocenters. The van der Waals surface area contributed by atoms with E-state index in [0.29, 0.717) is 0 Å². The molecule has 0 heterocycles. The molecule has 2 aliphatic carbocycles. The van der Waals surface area contributed by atoms with Crippen LogP contribution in [0.5, 0.6) is 0 Å². The van der Waals surface area contributed by atoms with Crippen molar-refractivity contribution in [2.75, 3.05) is 21.3 Å². The second-order valence-corrected chi connectivity index (χ2v) is 6.28. The van der Waals surface area contributed by atoms with Gasteiger partial charge in [0.1, 0.15) is 11.0 Å². The average molecular weight is 327 g/mol. The van der Waals surface area contributed by atoms with Gasteiger partial charge in [0.05, 0.1) is 13.0 Å². The van der Waals surface area contributed by atoms with Crippen LogP contribution < -0.4 is 0 Å². The highest BCUT2D eigenvalue weighted by Crippen LogP contribution is 2.68. The molecule has 0 amide bonds. The molecule has 1 N–H and O–H groups in total. The van der Waals surface area contributed by atoms with E-state index in [-0.39, 0.29) is 0 Å². The lowest BCUT2D eigenvalue weighted by Gasteiger charge is -2.39. The summed E-state index contributed by atoms with van der Waals surface area (Å²) in [4.78, 5) is 20.8. The Morgan fingerprint density at radius 1 is 1.25 bits per heavy atom. The molecule has 0 aromatic carbocycles. The van der Waals surface area contributed by atoms with E-state index in [4.69, 9.17) is 37.4 Å². The molecule has 2 rings (SSSR count). The monoisotopic (exact) mass is 326 g/mol. The van der Waals surface area contributed by atoms with Gasteiger partial charge in [0.15, 0.2) is 10.7 Å². The maximum atomic E-state index is 12.4. The summed E-state index contributed by atoms with van der Waals surface area (Å²) in [5, 5.41) is 10.2. The van der Waals surface area contributed by atoms with Crippen LogP contribution in [0.25, 0.3) is 0 Å². The topological polar surface area (TPSA) is 82.1 Å². The third kappa shape index (κ3) is 1.28. The lowest BCUT2D eigenvalue weighted by Crippen LogP contribution is -2.58. The van der Waals surface area contributed by atoms with Crippen molar-refractivity contribution in [3.8, 4) is 0 Å². The number of alkyl halides is 2. The van der Waals surface area contributed by atoms with Crippen molar-refractivity contribution in [2.45, 2.75) is 28.6 Å². The van der Waals surface area contributed by atoms with Crippen LogP contribution in [0.3, 0.4) is 0 Å². The maximum absolute atomic E-state index is 12.4. The van der Waals surface area contributed by atoms with Crippen LogP contribution in [0, 0.1) is 11.8 Å². The van der Waals surface area contributed by atoms with Gasteiger partial charge < -0.3 is 19.3 Å². The molecule has 0 radical (unpaired) electrons. The molecular weight excluding hydrogens is 311 g/mol. The molecule has 2 saturated carbocycles. The summed E-state index contributed by atoms with van der Waals surface area (Å²) >= 11 is 12.9. The van der Waals surface area contributed by atoms with Gasteiger partial charge in [-0.25, -0.2) is 0 Å². The van der Waals surface area contributed by atoms with Crippen LogP contribution in [-0.2, 0) is 23.8 Å². The molecule has 0 saturated heterocycles. The fraction of sp³-hybridized carbons (Fsp3) is 0.833. The van der Waals surface area contributed by atoms with Crippen molar-refractivity contribution in [1.82, 2.24) is 0 Å². The third-order valence-corrected chi connectivity index (χ3v) is 6.08. The number of ether oxygens (including phenoxy) is 3. The first kappa shape index (κ1) is 16.0. The standard InChI is InChI=1S/C12H16Cl2O6/c1-5-6(9(17)18-2)11(14)8(16)7(15)10(5,13)12(11,19-3)20-4/h5-7,15H,1-4H3/t5-,6+,7-,10+,11-/m0/s1. The molecule has 20 heavy (non-hydrogen) atoms. The summed E-state index contributed by atoms with van der Waals surface area (Å²) in [6.45, 7) is 1.60. The summed E-state index contributed by atoms with van der Waals surface area (Å²) in [6, 6.07) is 0. The summed E-state index contributed by atoms with van der Waals surface area (Å²) < 4.78 is 15.3. The minimum atomic E-state index is -1.94. The van der Waals surface area contributed by atoms with Crippen molar-refractivity contribution < 1.29 is 28.9 Å². The first-order chi connectivity index (χ1) is 9.20. The molecule has 0 aromatic rings. The zero-order valence-corrected chi connectivity index (χ0v) is 13.0. The first-order valence-corrected chi connectivity index (χ1v) is 6.74. The van der Waals surface area contributed by atoms with E-state index < -0.39 is 45.2 Å². The third-order valence-electron chi connectivity index (χ3n) is 4.61. The molecule has 2 bridgehead atoms. The van der Waals surface area contributed by atoms with E-state index in [1.165, 1.54) is 21.3 Å². The quantitative estimate of drug-likeness (QED) is 0.457. The molecule has 2 fully saturated rings. The van der Waals surface area contributed by atoms with Gasteiger partial charge >= 0.3 is 5.97 Å². The van der Waals surface area contributed by atoms with Crippen LogP contribution in [0.1, 0.15) is 6.92 Å². The number of carbonyl (C=O) groups excluding carboxylic acids is 2. The molecular formula is C12H16Cl2O6. The van der Waals surface area contributed by atoms with E-state index in [9.17, 15) is 14.7 Å². The number of Topliss-reactive ketones (excluding diaryl/α,β-unsaturated/α-hetero) is 1. The van der Waals surface area contributed by atoms with E-state index in [1.54, 1.807) is 6.92 Å². The first-order valence-electron chi connectivity index (χ1n) is 5.99. The second-order valence-electron chi connectivity index (χ2n) is 5.06. The molecule has 114 valence electrons. The average Bonchev–Trinajstić information content (AvgIpc) is 2.67. The number of carbonyl (C=O) groups is 2. The Balaban J connectivity index is 2.74. The van der Waals surface area contributed by atoms with Gasteiger partial charge in [-0.3, -0.25) is 9.59 Å². The Kier molecular flexibility index (Phi) is 3.63. The number of hydrogen-bond acceptors (Lipinski definition) is 6. The summed E-state index contributed by atoms with van der Waals surface area (Å²) in [5.74, 6) is -5.10. The number of aliphatic hydroxyl groups is 1. The van der Waals surface area contributed by atoms with Gasteiger partial charge in [-0.15, -0.1) is 23.2 Å². The van der Waals surface area contributed by atoms with Gasteiger partial charge in [-0.2, -0.15) is 0 Å². The van der Waals surface area contributed by atoms with E-state index in [0.717, 1.165) is 0 Å². The molecule has 2 aliphatic rings. The number of ketones is 1. The smallest absolute Gasteiger partial charge is 0.311 e. The Bertz CT molecular complexity index is 465. The van der Waals surface area contributed by atoms with Gasteiger partial charge in [0, 0.05) is 14.2 Å². The predicted molar refractivity (Wildman–Crippen MR) is 69.6 cm³/mol. The number of rotatable bonds is 3. The highest BCUT2D eigenvalue weighted by molar-refractivity contribution is 6.44. The van der Waals surface area contributed by atoms with Crippen molar-refractivity contribution in [3.05, 3.63) is 0 Å². The molecule has 6 nitrogen and oxygen atoms in total. The highest BCUT2D eigenvalue weighted by Gasteiger charge is 2.89. The number of fused-ring (bicyclic) bond motifs is 2. The SMILES string of the molecule is COC(=O)[C@H]1[C@H](C)[C@@]2(Cl)[C@@H](O)C(=O)[C@]1(Cl)C2(OC)OC. The zero-order valence-electron chi connectivity index (χ0n) is 11.5. The van der Waals surface area contributed by atoms with Gasteiger partial charge in [-0.05, 0) is 5.92 Å². The molecule has 0 spiro atoms. The van der Waals surface area contributed by atoms with Crippen molar-refractivity contribution in [2.24, 2.45) is 11.8 Å². The molecule has 5 atom stereocenters. The Hall–Kier alpha value is -0.400. The van der Waals surface area contributed by atoms with Gasteiger partial charge in [-0.1, -0.05) is 6.92 Å². The number of methoxy groups -OCH3 is 3. The van der Waals surface area contributed by atoms with Crippen LogP contribution in [0.15, 0.2) is 0 Å². The Morgan fingerprint density at radius 3 is 2.10 bits per heavy atom. The second kappa shape index (κ2) is 4.55. The van der Waals surface area contributed by atoms with Crippen LogP contribution in [0.4, 0.5) is 0 Å². The molecule has 0 aliphatic heterocycles. The van der Waals surface area contributed by atoms with Crippen LogP contribution >= 0.6 is 23.2 Å². The normalized spacial score (nSPS) is 45.8. The Labute approximate surface area is 126 Å². The highest BCUT2D eigenvalue weighted by atomic mass is 35.5. The number of esters is 1. The Morgan fingerprint density at radius 2 is 1.75 bits per heavy atom. The van der Waals surface area contributed by atoms with Crippen molar-refractivity contribution in [1.29, 1.82) is 0 Å². The molecule has 0 aromatic heterocycles. The summed E-state index contributed by atoms with van der Waals surface area (Å²) in [5.41, 5.74) is 0. The van der Waals surface area contributed by atoms with E-state index in [2.05, 4.69) is 0 Å². The van der Waals surface area contributed by atoms with E-state index in [1.807, 2.05) is 0 Å². The van der Waals surface area contributed by atoms with Crippen LogP contribution in [0.2, 0.25) is 0 Å². The fourth-order valence-electron chi connectivity index (χ4n) is 3.69. The largest absolute Gasteiger partial charge is 0.469 e. The van der Waals surface area contributed by atoms with Gasteiger partial charge in [0.25, 0.3) is 0 Å². The lowest BCUT2D eigenvalue weighted by molar-refractivity contribution is -0.228. The molecule has 8 heteroatoms. The minimum Gasteiger partial charge on any atom is -0.469 e. The minimum absolute atomic E-state index is 0.693.